The number of carboxylic acids is 1. The first-order chi connectivity index (χ1) is 13.0. The third-order valence-electron chi connectivity index (χ3n) is 5.00. The fourth-order valence-electron chi connectivity index (χ4n) is 3.40. The molecule has 2 aromatic carbocycles. The summed E-state index contributed by atoms with van der Waals surface area (Å²) in [5.74, 6) is -1.50. The van der Waals surface area contributed by atoms with Crippen molar-refractivity contribution in [2.75, 3.05) is 11.4 Å². The Hall–Kier alpha value is -3.15. The number of amides is 2. The van der Waals surface area contributed by atoms with Crippen molar-refractivity contribution >= 4 is 23.5 Å². The van der Waals surface area contributed by atoms with Crippen LogP contribution in [0.2, 0.25) is 0 Å². The highest BCUT2D eigenvalue weighted by Crippen LogP contribution is 2.27. The Kier molecular flexibility index (Phi) is 5.26. The molecule has 1 aliphatic heterocycles. The molecule has 140 valence electrons. The van der Waals surface area contributed by atoms with Gasteiger partial charge in [0.15, 0.2) is 5.54 Å². The molecule has 0 radical (unpaired) electrons. The van der Waals surface area contributed by atoms with E-state index in [0.29, 0.717) is 24.1 Å². The molecule has 1 fully saturated rings. The summed E-state index contributed by atoms with van der Waals surface area (Å²) in [4.78, 5) is 38.3. The molecule has 0 aromatic heterocycles. The lowest BCUT2D eigenvalue weighted by Gasteiger charge is -2.30. The number of benzene rings is 2. The number of hydrogen-bond acceptors (Lipinski definition) is 3. The van der Waals surface area contributed by atoms with Gasteiger partial charge in [-0.3, -0.25) is 9.59 Å². The van der Waals surface area contributed by atoms with E-state index >= 15 is 0 Å². The molecule has 3 rings (SSSR count). The molecular formula is C21H22N2O4. The van der Waals surface area contributed by atoms with Gasteiger partial charge in [0.25, 0.3) is 5.91 Å². The van der Waals surface area contributed by atoms with Crippen LogP contribution in [0, 0.1) is 0 Å². The number of anilines is 1. The van der Waals surface area contributed by atoms with Gasteiger partial charge in [0, 0.05) is 24.2 Å². The van der Waals surface area contributed by atoms with Crippen molar-refractivity contribution in [2.45, 2.75) is 31.7 Å². The molecule has 2 aromatic rings. The lowest BCUT2D eigenvalue weighted by molar-refractivity contribution is -0.145. The Morgan fingerprint density at radius 1 is 1.11 bits per heavy atom. The maximum absolute atomic E-state index is 12.7. The van der Waals surface area contributed by atoms with Gasteiger partial charge >= 0.3 is 5.97 Å². The topological polar surface area (TPSA) is 86.7 Å². The zero-order chi connectivity index (χ0) is 19.4. The number of rotatable bonds is 6. The molecule has 2 N–H and O–H groups in total. The van der Waals surface area contributed by atoms with Gasteiger partial charge in [-0.05, 0) is 42.7 Å². The SMILES string of the molecule is CCC(NC(=O)c1ccc(N2CCCC2=O)cc1)(C(=O)O)c1ccccc1. The molecule has 0 spiro atoms. The summed E-state index contributed by atoms with van der Waals surface area (Å²) >= 11 is 0. The second-order valence-electron chi connectivity index (χ2n) is 6.58. The average molecular weight is 366 g/mol. The van der Waals surface area contributed by atoms with Crippen LogP contribution >= 0.6 is 0 Å². The summed E-state index contributed by atoms with van der Waals surface area (Å²) in [6.45, 7) is 2.40. The normalized spacial score (nSPS) is 16.0. The summed E-state index contributed by atoms with van der Waals surface area (Å²) < 4.78 is 0. The Bertz CT molecular complexity index is 848. The lowest BCUT2D eigenvalue weighted by atomic mass is 9.87. The molecule has 2 amide bonds. The fourth-order valence-corrected chi connectivity index (χ4v) is 3.40. The second kappa shape index (κ2) is 7.61. The Morgan fingerprint density at radius 2 is 1.78 bits per heavy atom. The van der Waals surface area contributed by atoms with Crippen molar-refractivity contribution in [3.8, 4) is 0 Å². The predicted octanol–water partition coefficient (Wildman–Crippen LogP) is 2.93. The minimum Gasteiger partial charge on any atom is -0.479 e. The quantitative estimate of drug-likeness (QED) is 0.823. The van der Waals surface area contributed by atoms with Crippen LogP contribution in [0.15, 0.2) is 54.6 Å². The Balaban J connectivity index is 1.84. The first-order valence-corrected chi connectivity index (χ1v) is 9.00. The van der Waals surface area contributed by atoms with Gasteiger partial charge in [-0.15, -0.1) is 0 Å². The number of aliphatic carboxylic acids is 1. The van der Waals surface area contributed by atoms with Crippen molar-refractivity contribution in [1.29, 1.82) is 0 Å². The second-order valence-corrected chi connectivity index (χ2v) is 6.58. The van der Waals surface area contributed by atoms with E-state index in [9.17, 15) is 19.5 Å². The standard InChI is InChI=1S/C21H22N2O4/c1-2-21(20(26)27,16-7-4-3-5-8-16)22-19(25)15-10-12-17(13-11-15)23-14-6-9-18(23)24/h3-5,7-8,10-13H,2,6,9,14H2,1H3,(H,22,25)(H,26,27). The molecule has 27 heavy (non-hydrogen) atoms. The first-order valence-electron chi connectivity index (χ1n) is 9.00. The summed E-state index contributed by atoms with van der Waals surface area (Å²) in [5.41, 5.74) is 0.118. The average Bonchev–Trinajstić information content (AvgIpc) is 3.12. The third kappa shape index (κ3) is 3.56. The predicted molar refractivity (Wildman–Crippen MR) is 102 cm³/mol. The number of carboxylic acid groups (broad SMARTS) is 1. The van der Waals surface area contributed by atoms with Gasteiger partial charge in [-0.2, -0.15) is 0 Å². The third-order valence-corrected chi connectivity index (χ3v) is 5.00. The van der Waals surface area contributed by atoms with E-state index < -0.39 is 17.4 Å². The Labute approximate surface area is 157 Å². The molecule has 0 aliphatic carbocycles. The molecule has 0 saturated carbocycles. The van der Waals surface area contributed by atoms with E-state index in [1.165, 1.54) is 0 Å². The van der Waals surface area contributed by atoms with E-state index in [0.717, 1.165) is 12.1 Å². The highest BCUT2D eigenvalue weighted by Gasteiger charge is 2.40. The van der Waals surface area contributed by atoms with Crippen LogP contribution in [0.3, 0.4) is 0 Å². The fraction of sp³-hybridized carbons (Fsp3) is 0.286. The summed E-state index contributed by atoms with van der Waals surface area (Å²) in [6, 6.07) is 15.3. The molecule has 6 heteroatoms. The number of carbonyl (C=O) groups is 3. The van der Waals surface area contributed by atoms with Crippen LogP contribution in [0.5, 0.6) is 0 Å². The van der Waals surface area contributed by atoms with Gasteiger partial charge in [-0.1, -0.05) is 37.3 Å². The van der Waals surface area contributed by atoms with E-state index in [1.54, 1.807) is 66.4 Å². The maximum atomic E-state index is 12.7. The van der Waals surface area contributed by atoms with Crippen LogP contribution < -0.4 is 10.2 Å². The van der Waals surface area contributed by atoms with Crippen molar-refractivity contribution < 1.29 is 19.5 Å². The highest BCUT2D eigenvalue weighted by molar-refractivity contribution is 5.99. The molecule has 6 nitrogen and oxygen atoms in total. The molecule has 0 bridgehead atoms. The minimum absolute atomic E-state index is 0.0761. The van der Waals surface area contributed by atoms with Crippen molar-refractivity contribution in [2.24, 2.45) is 0 Å². The van der Waals surface area contributed by atoms with Crippen LogP contribution in [-0.2, 0) is 15.1 Å². The minimum atomic E-state index is -1.50. The number of hydrogen-bond donors (Lipinski definition) is 2. The van der Waals surface area contributed by atoms with E-state index in [2.05, 4.69) is 5.32 Å². The molecule has 1 heterocycles. The van der Waals surface area contributed by atoms with Gasteiger partial charge in [0.1, 0.15) is 0 Å². The zero-order valence-electron chi connectivity index (χ0n) is 15.1. The largest absolute Gasteiger partial charge is 0.479 e. The number of nitrogens with zero attached hydrogens (tertiary/aromatic N) is 1. The molecule has 1 unspecified atom stereocenters. The van der Waals surface area contributed by atoms with Crippen molar-refractivity contribution in [1.82, 2.24) is 5.32 Å². The van der Waals surface area contributed by atoms with E-state index in [1.807, 2.05) is 0 Å². The highest BCUT2D eigenvalue weighted by atomic mass is 16.4. The van der Waals surface area contributed by atoms with Crippen LogP contribution in [0.4, 0.5) is 5.69 Å². The van der Waals surface area contributed by atoms with Crippen LogP contribution in [-0.4, -0.2) is 29.4 Å². The van der Waals surface area contributed by atoms with Crippen LogP contribution in [0.25, 0.3) is 0 Å². The van der Waals surface area contributed by atoms with E-state index in [4.69, 9.17) is 0 Å². The number of carbonyl (C=O) groups excluding carboxylic acids is 2. The maximum Gasteiger partial charge on any atom is 0.334 e. The molecule has 1 saturated heterocycles. The van der Waals surface area contributed by atoms with E-state index in [-0.39, 0.29) is 12.3 Å². The van der Waals surface area contributed by atoms with Crippen LogP contribution in [0.1, 0.15) is 42.1 Å². The first kappa shape index (κ1) is 18.6. The molecular weight excluding hydrogens is 344 g/mol. The lowest BCUT2D eigenvalue weighted by Crippen LogP contribution is -2.51. The zero-order valence-corrected chi connectivity index (χ0v) is 15.1. The molecule has 1 aliphatic rings. The van der Waals surface area contributed by atoms with Crippen molar-refractivity contribution in [3.05, 3.63) is 65.7 Å². The van der Waals surface area contributed by atoms with Crippen molar-refractivity contribution in [3.63, 3.8) is 0 Å². The van der Waals surface area contributed by atoms with Gasteiger partial charge in [0.05, 0.1) is 0 Å². The Morgan fingerprint density at radius 3 is 2.30 bits per heavy atom. The summed E-state index contributed by atoms with van der Waals surface area (Å²) in [5, 5.41) is 12.5. The molecule has 1 atom stereocenters. The number of nitrogens with one attached hydrogen (secondary N) is 1. The van der Waals surface area contributed by atoms with Gasteiger partial charge < -0.3 is 15.3 Å². The summed E-state index contributed by atoms with van der Waals surface area (Å²) in [6.07, 6.45) is 1.57. The summed E-state index contributed by atoms with van der Waals surface area (Å²) in [7, 11) is 0. The van der Waals surface area contributed by atoms with Gasteiger partial charge in [-0.25, -0.2) is 4.79 Å². The smallest absolute Gasteiger partial charge is 0.334 e. The van der Waals surface area contributed by atoms with Gasteiger partial charge in [0.2, 0.25) is 5.91 Å². The monoisotopic (exact) mass is 366 g/mol.